The predicted octanol–water partition coefficient (Wildman–Crippen LogP) is 4.77. The lowest BCUT2D eigenvalue weighted by Gasteiger charge is -2.29. The van der Waals surface area contributed by atoms with Gasteiger partial charge in [0.1, 0.15) is 0 Å². The van der Waals surface area contributed by atoms with Crippen LogP contribution < -0.4 is 4.90 Å². The Labute approximate surface area is 125 Å². The van der Waals surface area contributed by atoms with Crippen LogP contribution in [0.1, 0.15) is 45.0 Å². The number of halogens is 1. The standard InChI is InChI=1S/C16H24BrNO/c1-11(2)9-18(10-12(3)4)16-7-6-14(13(5)19)8-15(16)17/h6-8,11-12H,9-10H2,1-5H3. The topological polar surface area (TPSA) is 20.3 Å². The van der Waals surface area contributed by atoms with Gasteiger partial charge in [0.05, 0.1) is 5.69 Å². The number of hydrogen-bond acceptors (Lipinski definition) is 2. The minimum absolute atomic E-state index is 0.103. The molecule has 0 radical (unpaired) electrons. The maximum absolute atomic E-state index is 11.4. The van der Waals surface area contributed by atoms with Gasteiger partial charge in [-0.25, -0.2) is 0 Å². The lowest BCUT2D eigenvalue weighted by atomic mass is 10.1. The molecule has 3 heteroatoms. The summed E-state index contributed by atoms with van der Waals surface area (Å²) in [7, 11) is 0. The van der Waals surface area contributed by atoms with Crippen LogP contribution in [0.3, 0.4) is 0 Å². The molecule has 1 rings (SSSR count). The van der Waals surface area contributed by atoms with Gasteiger partial charge in [-0.2, -0.15) is 0 Å². The normalized spacial score (nSPS) is 11.2. The van der Waals surface area contributed by atoms with E-state index in [2.05, 4.69) is 48.5 Å². The SMILES string of the molecule is CC(=O)c1ccc(N(CC(C)C)CC(C)C)c(Br)c1. The summed E-state index contributed by atoms with van der Waals surface area (Å²) in [6, 6.07) is 5.88. The van der Waals surface area contributed by atoms with Crippen molar-refractivity contribution < 1.29 is 4.79 Å². The first-order valence-corrected chi connectivity index (χ1v) is 7.66. The van der Waals surface area contributed by atoms with Crippen LogP contribution in [0.15, 0.2) is 22.7 Å². The van der Waals surface area contributed by atoms with Crippen LogP contribution in [-0.4, -0.2) is 18.9 Å². The van der Waals surface area contributed by atoms with Crippen molar-refractivity contribution in [2.24, 2.45) is 11.8 Å². The summed E-state index contributed by atoms with van der Waals surface area (Å²) >= 11 is 3.60. The number of carbonyl (C=O) groups excluding carboxylic acids is 1. The van der Waals surface area contributed by atoms with Crippen molar-refractivity contribution in [3.05, 3.63) is 28.2 Å². The summed E-state index contributed by atoms with van der Waals surface area (Å²) in [5.41, 5.74) is 1.93. The van der Waals surface area contributed by atoms with Crippen LogP contribution in [0.2, 0.25) is 0 Å². The van der Waals surface area contributed by atoms with E-state index in [4.69, 9.17) is 0 Å². The molecule has 0 N–H and O–H groups in total. The van der Waals surface area contributed by atoms with E-state index in [0.717, 1.165) is 23.1 Å². The average Bonchev–Trinajstić information content (AvgIpc) is 2.26. The van der Waals surface area contributed by atoms with E-state index in [9.17, 15) is 4.79 Å². The molecule has 0 aliphatic rings. The number of benzene rings is 1. The average molecular weight is 326 g/mol. The molecule has 106 valence electrons. The fourth-order valence-corrected chi connectivity index (χ4v) is 2.76. The molecular weight excluding hydrogens is 302 g/mol. The number of rotatable bonds is 6. The summed E-state index contributed by atoms with van der Waals surface area (Å²) in [5.74, 6) is 1.32. The minimum Gasteiger partial charge on any atom is -0.370 e. The van der Waals surface area contributed by atoms with Crippen LogP contribution in [0, 0.1) is 11.8 Å². The predicted molar refractivity (Wildman–Crippen MR) is 86.0 cm³/mol. The highest BCUT2D eigenvalue weighted by atomic mass is 79.9. The molecule has 0 heterocycles. The molecule has 0 spiro atoms. The van der Waals surface area contributed by atoms with E-state index in [1.165, 1.54) is 5.69 Å². The van der Waals surface area contributed by atoms with Crippen molar-refractivity contribution in [1.82, 2.24) is 0 Å². The maximum atomic E-state index is 11.4. The van der Waals surface area contributed by atoms with Gasteiger partial charge in [0.25, 0.3) is 0 Å². The Kier molecular flexibility index (Phi) is 6.05. The molecule has 2 nitrogen and oxygen atoms in total. The van der Waals surface area contributed by atoms with Gasteiger partial charge in [-0.1, -0.05) is 27.7 Å². The van der Waals surface area contributed by atoms with E-state index in [0.29, 0.717) is 11.8 Å². The minimum atomic E-state index is 0.103. The third kappa shape index (κ3) is 4.98. The first-order chi connectivity index (χ1) is 8.81. The summed E-state index contributed by atoms with van der Waals surface area (Å²) in [6.07, 6.45) is 0. The van der Waals surface area contributed by atoms with Crippen LogP contribution in [-0.2, 0) is 0 Å². The molecule has 0 aliphatic carbocycles. The quantitative estimate of drug-likeness (QED) is 0.702. The Morgan fingerprint density at radius 2 is 1.68 bits per heavy atom. The highest BCUT2D eigenvalue weighted by Gasteiger charge is 2.14. The van der Waals surface area contributed by atoms with E-state index in [-0.39, 0.29) is 5.78 Å². The van der Waals surface area contributed by atoms with Gasteiger partial charge < -0.3 is 4.90 Å². The molecule has 19 heavy (non-hydrogen) atoms. The molecule has 0 unspecified atom stereocenters. The van der Waals surface area contributed by atoms with Crippen LogP contribution in [0.4, 0.5) is 5.69 Å². The monoisotopic (exact) mass is 325 g/mol. The molecule has 0 bridgehead atoms. The first-order valence-electron chi connectivity index (χ1n) is 6.86. The van der Waals surface area contributed by atoms with Crippen LogP contribution in [0.25, 0.3) is 0 Å². The number of anilines is 1. The lowest BCUT2D eigenvalue weighted by Crippen LogP contribution is -2.31. The van der Waals surface area contributed by atoms with Crippen molar-refractivity contribution in [2.75, 3.05) is 18.0 Å². The Morgan fingerprint density at radius 3 is 2.05 bits per heavy atom. The van der Waals surface area contributed by atoms with Gasteiger partial charge in [0, 0.05) is 23.1 Å². The highest BCUT2D eigenvalue weighted by Crippen LogP contribution is 2.29. The second kappa shape index (κ2) is 7.09. The van der Waals surface area contributed by atoms with E-state index in [1.807, 2.05) is 18.2 Å². The van der Waals surface area contributed by atoms with Crippen LogP contribution in [0.5, 0.6) is 0 Å². The fraction of sp³-hybridized carbons (Fsp3) is 0.562. The second-order valence-corrected chi connectivity index (χ2v) is 6.77. The summed E-state index contributed by atoms with van der Waals surface area (Å²) in [6.45, 7) is 12.6. The zero-order valence-electron chi connectivity index (χ0n) is 12.5. The molecule has 0 atom stereocenters. The Balaban J connectivity index is 3.04. The Bertz CT molecular complexity index is 430. The largest absolute Gasteiger partial charge is 0.370 e. The van der Waals surface area contributed by atoms with Crippen LogP contribution >= 0.6 is 15.9 Å². The first kappa shape index (κ1) is 16.2. The van der Waals surface area contributed by atoms with E-state index >= 15 is 0 Å². The van der Waals surface area contributed by atoms with Gasteiger partial charge in [-0.05, 0) is 52.9 Å². The number of hydrogen-bond donors (Lipinski definition) is 0. The Morgan fingerprint density at radius 1 is 1.16 bits per heavy atom. The smallest absolute Gasteiger partial charge is 0.159 e. The van der Waals surface area contributed by atoms with Crippen molar-refractivity contribution in [3.8, 4) is 0 Å². The van der Waals surface area contributed by atoms with Gasteiger partial charge in [0.2, 0.25) is 0 Å². The Hall–Kier alpha value is -0.830. The summed E-state index contributed by atoms with van der Waals surface area (Å²) in [4.78, 5) is 13.8. The third-order valence-electron chi connectivity index (χ3n) is 2.87. The van der Waals surface area contributed by atoms with Gasteiger partial charge in [0.15, 0.2) is 5.78 Å². The number of ketones is 1. The summed E-state index contributed by atoms with van der Waals surface area (Å²) < 4.78 is 1.00. The fourth-order valence-electron chi connectivity index (χ4n) is 2.14. The molecule has 0 aliphatic heterocycles. The second-order valence-electron chi connectivity index (χ2n) is 5.92. The van der Waals surface area contributed by atoms with E-state index < -0.39 is 0 Å². The van der Waals surface area contributed by atoms with Gasteiger partial charge in [-0.3, -0.25) is 4.79 Å². The molecule has 1 aromatic rings. The van der Waals surface area contributed by atoms with Crippen molar-refractivity contribution in [2.45, 2.75) is 34.6 Å². The molecule has 0 fully saturated rings. The molecule has 0 amide bonds. The van der Waals surface area contributed by atoms with Crippen molar-refractivity contribution in [1.29, 1.82) is 0 Å². The van der Waals surface area contributed by atoms with E-state index in [1.54, 1.807) is 6.92 Å². The van der Waals surface area contributed by atoms with Crippen molar-refractivity contribution >= 4 is 27.4 Å². The molecule has 1 aromatic carbocycles. The zero-order chi connectivity index (χ0) is 14.6. The summed E-state index contributed by atoms with van der Waals surface area (Å²) in [5, 5.41) is 0. The number of Topliss-reactive ketones (excluding diaryl/α,β-unsaturated/α-hetero) is 1. The number of carbonyl (C=O) groups is 1. The third-order valence-corrected chi connectivity index (χ3v) is 3.50. The highest BCUT2D eigenvalue weighted by molar-refractivity contribution is 9.10. The zero-order valence-corrected chi connectivity index (χ0v) is 14.1. The molecule has 0 saturated heterocycles. The maximum Gasteiger partial charge on any atom is 0.159 e. The van der Waals surface area contributed by atoms with Crippen molar-refractivity contribution in [3.63, 3.8) is 0 Å². The molecular formula is C16H24BrNO. The number of nitrogens with zero attached hydrogens (tertiary/aromatic N) is 1. The molecule has 0 aromatic heterocycles. The lowest BCUT2D eigenvalue weighted by molar-refractivity contribution is 0.101. The molecule has 0 saturated carbocycles. The van der Waals surface area contributed by atoms with Gasteiger partial charge in [-0.15, -0.1) is 0 Å². The van der Waals surface area contributed by atoms with Gasteiger partial charge >= 0.3 is 0 Å².